The molecule has 100 valence electrons. The molecule has 0 saturated carbocycles. The van der Waals surface area contributed by atoms with Crippen LogP contribution in [0.25, 0.3) is 0 Å². The van der Waals surface area contributed by atoms with E-state index in [-0.39, 0.29) is 12.1 Å². The first-order chi connectivity index (χ1) is 8.76. The lowest BCUT2D eigenvalue weighted by Crippen LogP contribution is -2.47. The number of morpholine rings is 1. The Bertz CT molecular complexity index is 389. The fraction of sp³-hybridized carbons (Fsp3) is 0.571. The highest BCUT2D eigenvalue weighted by Gasteiger charge is 2.24. The van der Waals surface area contributed by atoms with Crippen molar-refractivity contribution >= 4 is 0 Å². The van der Waals surface area contributed by atoms with Gasteiger partial charge in [0.05, 0.1) is 26.4 Å². The maximum absolute atomic E-state index is 6.35. The Balaban J connectivity index is 2.23. The molecule has 0 spiro atoms. The van der Waals surface area contributed by atoms with Crippen molar-refractivity contribution in [2.75, 3.05) is 26.9 Å². The van der Waals surface area contributed by atoms with Gasteiger partial charge in [-0.05, 0) is 18.1 Å². The van der Waals surface area contributed by atoms with E-state index in [2.05, 4.69) is 24.4 Å². The molecule has 2 rings (SSSR count). The van der Waals surface area contributed by atoms with E-state index < -0.39 is 0 Å². The summed E-state index contributed by atoms with van der Waals surface area (Å²) in [5.74, 6) is 0.854. The Labute approximate surface area is 108 Å². The van der Waals surface area contributed by atoms with E-state index in [1.165, 1.54) is 5.56 Å². The van der Waals surface area contributed by atoms with Crippen LogP contribution in [0, 0.1) is 0 Å². The first-order valence-electron chi connectivity index (χ1n) is 6.49. The standard InChI is InChI=1S/C14H22N2O2/c1-3-10-4-5-13(17-2)11(8-10)14(15)12-9-18-7-6-16-12/h4-5,8,12,14,16H,3,6-7,9,15H2,1-2H3. The second-order valence-electron chi connectivity index (χ2n) is 4.59. The minimum Gasteiger partial charge on any atom is -0.496 e. The fourth-order valence-corrected chi connectivity index (χ4v) is 2.30. The van der Waals surface area contributed by atoms with Gasteiger partial charge < -0.3 is 20.5 Å². The highest BCUT2D eigenvalue weighted by Crippen LogP contribution is 2.27. The number of ether oxygens (including phenoxy) is 2. The van der Waals surface area contributed by atoms with Crippen molar-refractivity contribution in [1.29, 1.82) is 0 Å². The lowest BCUT2D eigenvalue weighted by atomic mass is 9.96. The fourth-order valence-electron chi connectivity index (χ4n) is 2.30. The molecule has 1 aromatic rings. The van der Waals surface area contributed by atoms with Crippen LogP contribution in [0.15, 0.2) is 18.2 Å². The number of hydrogen-bond acceptors (Lipinski definition) is 4. The summed E-state index contributed by atoms with van der Waals surface area (Å²) in [4.78, 5) is 0. The zero-order chi connectivity index (χ0) is 13.0. The van der Waals surface area contributed by atoms with E-state index in [0.717, 1.165) is 30.9 Å². The van der Waals surface area contributed by atoms with E-state index >= 15 is 0 Å². The highest BCUT2D eigenvalue weighted by atomic mass is 16.5. The minimum absolute atomic E-state index is 0.105. The molecule has 18 heavy (non-hydrogen) atoms. The van der Waals surface area contributed by atoms with Crippen molar-refractivity contribution in [3.05, 3.63) is 29.3 Å². The van der Waals surface area contributed by atoms with Crippen LogP contribution < -0.4 is 15.8 Å². The van der Waals surface area contributed by atoms with Crippen LogP contribution in [0.2, 0.25) is 0 Å². The lowest BCUT2D eigenvalue weighted by Gasteiger charge is -2.30. The minimum atomic E-state index is -0.105. The second-order valence-corrected chi connectivity index (χ2v) is 4.59. The Hall–Kier alpha value is -1.10. The summed E-state index contributed by atoms with van der Waals surface area (Å²) in [7, 11) is 1.68. The smallest absolute Gasteiger partial charge is 0.123 e. The van der Waals surface area contributed by atoms with Gasteiger partial charge in [-0.3, -0.25) is 0 Å². The first-order valence-corrected chi connectivity index (χ1v) is 6.49. The van der Waals surface area contributed by atoms with Crippen LogP contribution in [0.3, 0.4) is 0 Å². The SMILES string of the molecule is CCc1ccc(OC)c(C(N)C2COCCN2)c1. The van der Waals surface area contributed by atoms with Gasteiger partial charge in [0.1, 0.15) is 5.75 Å². The maximum Gasteiger partial charge on any atom is 0.123 e. The molecular weight excluding hydrogens is 228 g/mol. The monoisotopic (exact) mass is 250 g/mol. The van der Waals surface area contributed by atoms with Gasteiger partial charge in [-0.25, -0.2) is 0 Å². The lowest BCUT2D eigenvalue weighted by molar-refractivity contribution is 0.0682. The number of rotatable bonds is 4. The van der Waals surface area contributed by atoms with Gasteiger partial charge in [0.15, 0.2) is 0 Å². The number of aryl methyl sites for hydroxylation is 1. The molecule has 2 atom stereocenters. The largest absolute Gasteiger partial charge is 0.496 e. The third-order valence-electron chi connectivity index (χ3n) is 3.45. The summed E-state index contributed by atoms with van der Waals surface area (Å²) >= 11 is 0. The molecule has 1 aliphatic heterocycles. The third-order valence-corrected chi connectivity index (χ3v) is 3.45. The maximum atomic E-state index is 6.35. The van der Waals surface area contributed by atoms with Gasteiger partial charge in [0.2, 0.25) is 0 Å². The number of hydrogen-bond donors (Lipinski definition) is 2. The van der Waals surface area contributed by atoms with Gasteiger partial charge in [-0.1, -0.05) is 19.1 Å². The Morgan fingerprint density at radius 2 is 2.39 bits per heavy atom. The first kappa shape index (κ1) is 13.3. The molecular formula is C14H22N2O2. The van der Waals surface area contributed by atoms with Gasteiger partial charge in [-0.15, -0.1) is 0 Å². The molecule has 0 aromatic heterocycles. The number of benzene rings is 1. The van der Waals surface area contributed by atoms with Crippen molar-refractivity contribution in [2.24, 2.45) is 5.73 Å². The predicted octanol–water partition coefficient (Wildman–Crippen LogP) is 1.25. The predicted molar refractivity (Wildman–Crippen MR) is 71.9 cm³/mol. The van der Waals surface area contributed by atoms with Crippen LogP contribution in [-0.2, 0) is 11.2 Å². The van der Waals surface area contributed by atoms with Crippen LogP contribution in [-0.4, -0.2) is 32.9 Å². The van der Waals surface area contributed by atoms with Crippen LogP contribution in [0.5, 0.6) is 5.75 Å². The van der Waals surface area contributed by atoms with E-state index in [4.69, 9.17) is 15.2 Å². The molecule has 1 fully saturated rings. The van der Waals surface area contributed by atoms with Crippen molar-refractivity contribution in [3.63, 3.8) is 0 Å². The summed E-state index contributed by atoms with van der Waals surface area (Å²) in [5, 5.41) is 3.40. The third kappa shape index (κ3) is 2.83. The molecule has 1 heterocycles. The van der Waals surface area contributed by atoms with Gasteiger partial charge in [0, 0.05) is 18.2 Å². The van der Waals surface area contributed by atoms with Crippen LogP contribution in [0.1, 0.15) is 24.1 Å². The van der Waals surface area contributed by atoms with E-state index in [0.29, 0.717) is 6.61 Å². The molecule has 0 radical (unpaired) electrons. The molecule has 0 bridgehead atoms. The van der Waals surface area contributed by atoms with Crippen molar-refractivity contribution in [1.82, 2.24) is 5.32 Å². The molecule has 2 unspecified atom stereocenters. The summed E-state index contributed by atoms with van der Waals surface area (Å²) in [6, 6.07) is 6.27. The molecule has 0 amide bonds. The molecule has 0 aliphatic carbocycles. The van der Waals surface area contributed by atoms with Gasteiger partial charge >= 0.3 is 0 Å². The molecule has 1 aliphatic rings. The second kappa shape index (κ2) is 6.18. The van der Waals surface area contributed by atoms with Crippen LogP contribution in [0.4, 0.5) is 0 Å². The average Bonchev–Trinajstić information content (AvgIpc) is 2.46. The molecule has 3 N–H and O–H groups in total. The Morgan fingerprint density at radius 1 is 1.56 bits per heavy atom. The molecule has 4 nitrogen and oxygen atoms in total. The van der Waals surface area contributed by atoms with E-state index in [1.54, 1.807) is 7.11 Å². The Kier molecular flexibility index (Phi) is 4.58. The topological polar surface area (TPSA) is 56.5 Å². The molecule has 1 aromatic carbocycles. The highest BCUT2D eigenvalue weighted by molar-refractivity contribution is 5.40. The van der Waals surface area contributed by atoms with E-state index in [9.17, 15) is 0 Å². The van der Waals surface area contributed by atoms with Crippen LogP contribution >= 0.6 is 0 Å². The summed E-state index contributed by atoms with van der Waals surface area (Å²) in [6.45, 7) is 4.41. The number of nitrogens with two attached hydrogens (primary N) is 1. The van der Waals surface area contributed by atoms with Gasteiger partial charge in [-0.2, -0.15) is 0 Å². The summed E-state index contributed by atoms with van der Waals surface area (Å²) < 4.78 is 10.9. The molecule has 1 saturated heterocycles. The average molecular weight is 250 g/mol. The zero-order valence-corrected chi connectivity index (χ0v) is 11.1. The summed E-state index contributed by atoms with van der Waals surface area (Å²) in [6.07, 6.45) is 0.998. The van der Waals surface area contributed by atoms with Crippen molar-refractivity contribution < 1.29 is 9.47 Å². The quantitative estimate of drug-likeness (QED) is 0.844. The summed E-state index contributed by atoms with van der Waals surface area (Å²) in [5.41, 5.74) is 8.68. The van der Waals surface area contributed by atoms with E-state index in [1.807, 2.05) is 6.07 Å². The number of nitrogens with one attached hydrogen (secondary N) is 1. The number of methoxy groups -OCH3 is 1. The zero-order valence-electron chi connectivity index (χ0n) is 11.1. The van der Waals surface area contributed by atoms with Crippen molar-refractivity contribution in [2.45, 2.75) is 25.4 Å². The normalized spacial score (nSPS) is 21.6. The van der Waals surface area contributed by atoms with Gasteiger partial charge in [0.25, 0.3) is 0 Å². The van der Waals surface area contributed by atoms with Crippen molar-refractivity contribution in [3.8, 4) is 5.75 Å². The molecule has 4 heteroatoms. The Morgan fingerprint density at radius 3 is 3.00 bits per heavy atom.